The van der Waals surface area contributed by atoms with Crippen LogP contribution >= 0.6 is 0 Å². The summed E-state index contributed by atoms with van der Waals surface area (Å²) in [5, 5.41) is 0. The second-order valence-electron chi connectivity index (χ2n) is 6.92. The lowest BCUT2D eigenvalue weighted by atomic mass is 9.55. The van der Waals surface area contributed by atoms with Crippen LogP contribution in [0.1, 0.15) is 47.0 Å². The molecule has 2 fully saturated rings. The standard InChI is InChI=1S/C15H24O2/c1-10-8-11(9-10)15-13(2,3)7-6-12(16-5)14(15,4)17-15/h8,11-12H,6-7,9H2,1-5H3/t11?,12-,14-,15+/m1/s1. The van der Waals surface area contributed by atoms with E-state index in [0.29, 0.717) is 5.92 Å². The van der Waals surface area contributed by atoms with Crippen LogP contribution in [-0.2, 0) is 9.47 Å². The fraction of sp³-hybridized carbons (Fsp3) is 0.867. The molecule has 2 aliphatic carbocycles. The summed E-state index contributed by atoms with van der Waals surface area (Å²) in [6.45, 7) is 9.21. The van der Waals surface area contributed by atoms with Gasteiger partial charge >= 0.3 is 0 Å². The van der Waals surface area contributed by atoms with Gasteiger partial charge in [0.2, 0.25) is 0 Å². The molecule has 0 radical (unpaired) electrons. The molecule has 0 bridgehead atoms. The molecule has 3 rings (SSSR count). The maximum atomic E-state index is 6.35. The van der Waals surface area contributed by atoms with Crippen molar-refractivity contribution in [1.82, 2.24) is 0 Å². The van der Waals surface area contributed by atoms with E-state index in [9.17, 15) is 0 Å². The first-order chi connectivity index (χ1) is 7.87. The van der Waals surface area contributed by atoms with Gasteiger partial charge in [-0.05, 0) is 38.5 Å². The molecule has 1 aliphatic heterocycles. The Morgan fingerprint density at radius 1 is 1.35 bits per heavy atom. The van der Waals surface area contributed by atoms with Crippen molar-refractivity contribution in [3.05, 3.63) is 11.6 Å². The summed E-state index contributed by atoms with van der Waals surface area (Å²) < 4.78 is 12.0. The van der Waals surface area contributed by atoms with Gasteiger partial charge in [0.1, 0.15) is 11.2 Å². The molecule has 96 valence electrons. The quantitative estimate of drug-likeness (QED) is 0.542. The van der Waals surface area contributed by atoms with Gasteiger partial charge in [0.05, 0.1) is 6.10 Å². The minimum Gasteiger partial charge on any atom is -0.378 e. The Bertz CT molecular complexity index is 384. The predicted molar refractivity (Wildman–Crippen MR) is 67.9 cm³/mol. The smallest absolute Gasteiger partial charge is 0.122 e. The van der Waals surface area contributed by atoms with Crippen molar-refractivity contribution in [3.8, 4) is 0 Å². The van der Waals surface area contributed by atoms with E-state index in [0.717, 1.165) is 6.42 Å². The minimum atomic E-state index is -0.0641. The fourth-order valence-corrected chi connectivity index (χ4v) is 4.58. The van der Waals surface area contributed by atoms with Crippen LogP contribution < -0.4 is 0 Å². The molecule has 0 N–H and O–H groups in total. The third kappa shape index (κ3) is 1.18. The average molecular weight is 236 g/mol. The van der Waals surface area contributed by atoms with Crippen LogP contribution in [0.3, 0.4) is 0 Å². The second kappa shape index (κ2) is 3.16. The van der Waals surface area contributed by atoms with Crippen LogP contribution in [0.5, 0.6) is 0 Å². The Labute approximate surface area is 104 Å². The van der Waals surface area contributed by atoms with Gasteiger partial charge in [-0.1, -0.05) is 25.5 Å². The molecule has 0 aromatic heterocycles. The number of epoxide rings is 1. The molecular formula is C15H24O2. The van der Waals surface area contributed by atoms with E-state index in [1.807, 2.05) is 7.11 Å². The van der Waals surface area contributed by atoms with E-state index >= 15 is 0 Å². The Balaban J connectivity index is 1.97. The maximum Gasteiger partial charge on any atom is 0.122 e. The first kappa shape index (κ1) is 11.7. The lowest BCUT2D eigenvalue weighted by Gasteiger charge is -2.46. The molecule has 3 aliphatic rings. The highest BCUT2D eigenvalue weighted by atomic mass is 16.7. The van der Waals surface area contributed by atoms with Crippen molar-refractivity contribution in [1.29, 1.82) is 0 Å². The minimum absolute atomic E-state index is 0.0262. The normalized spacial score (nSPS) is 51.2. The van der Waals surface area contributed by atoms with Gasteiger partial charge in [-0.15, -0.1) is 0 Å². The van der Waals surface area contributed by atoms with E-state index in [1.54, 1.807) is 0 Å². The molecule has 1 saturated heterocycles. The van der Waals surface area contributed by atoms with Gasteiger partial charge < -0.3 is 9.47 Å². The molecule has 1 unspecified atom stereocenters. The molecule has 0 spiro atoms. The van der Waals surface area contributed by atoms with Gasteiger partial charge in [-0.2, -0.15) is 0 Å². The van der Waals surface area contributed by atoms with E-state index in [2.05, 4.69) is 33.8 Å². The number of allylic oxidation sites excluding steroid dienone is 1. The number of fused-ring (bicyclic) bond motifs is 1. The number of methoxy groups -OCH3 is 1. The number of ether oxygens (including phenoxy) is 2. The van der Waals surface area contributed by atoms with Crippen LogP contribution in [0.2, 0.25) is 0 Å². The van der Waals surface area contributed by atoms with Crippen LogP contribution in [0, 0.1) is 11.3 Å². The molecular weight excluding hydrogens is 212 g/mol. The number of rotatable bonds is 2. The van der Waals surface area contributed by atoms with Crippen molar-refractivity contribution in [2.75, 3.05) is 7.11 Å². The first-order valence-electron chi connectivity index (χ1n) is 6.78. The molecule has 0 aromatic rings. The second-order valence-corrected chi connectivity index (χ2v) is 6.92. The molecule has 1 heterocycles. The molecule has 17 heavy (non-hydrogen) atoms. The molecule has 0 amide bonds. The highest BCUT2D eigenvalue weighted by Crippen LogP contribution is 2.71. The van der Waals surface area contributed by atoms with Gasteiger partial charge in [0.25, 0.3) is 0 Å². The lowest BCUT2D eigenvalue weighted by molar-refractivity contribution is -0.00240. The summed E-state index contributed by atoms with van der Waals surface area (Å²) in [4.78, 5) is 0. The van der Waals surface area contributed by atoms with Crippen LogP contribution in [-0.4, -0.2) is 24.4 Å². The van der Waals surface area contributed by atoms with Gasteiger partial charge in [0, 0.05) is 13.0 Å². The Morgan fingerprint density at radius 2 is 2.00 bits per heavy atom. The van der Waals surface area contributed by atoms with Gasteiger partial charge in [-0.25, -0.2) is 0 Å². The van der Waals surface area contributed by atoms with E-state index < -0.39 is 0 Å². The van der Waals surface area contributed by atoms with Crippen LogP contribution in [0.15, 0.2) is 11.6 Å². The third-order valence-electron chi connectivity index (χ3n) is 5.55. The molecule has 4 atom stereocenters. The third-order valence-corrected chi connectivity index (χ3v) is 5.55. The zero-order chi connectivity index (χ0) is 12.5. The zero-order valence-corrected chi connectivity index (χ0v) is 11.7. The van der Waals surface area contributed by atoms with Gasteiger partial charge in [0.15, 0.2) is 0 Å². The Morgan fingerprint density at radius 3 is 2.53 bits per heavy atom. The van der Waals surface area contributed by atoms with Crippen molar-refractivity contribution in [2.24, 2.45) is 11.3 Å². The van der Waals surface area contributed by atoms with Crippen molar-refractivity contribution in [3.63, 3.8) is 0 Å². The highest BCUT2D eigenvalue weighted by Gasteiger charge is 2.80. The molecule has 2 heteroatoms. The Hall–Kier alpha value is -0.340. The fourth-order valence-electron chi connectivity index (χ4n) is 4.58. The Kier molecular flexibility index (Phi) is 2.18. The zero-order valence-electron chi connectivity index (χ0n) is 11.7. The van der Waals surface area contributed by atoms with E-state index in [-0.39, 0.29) is 22.7 Å². The SMILES string of the molecule is CO[C@@H]1CCC(C)(C)[C@]2(C3C=C(C)C3)O[C@]12C. The molecule has 0 aromatic carbocycles. The van der Waals surface area contributed by atoms with Gasteiger partial charge in [-0.3, -0.25) is 0 Å². The van der Waals surface area contributed by atoms with Crippen molar-refractivity contribution in [2.45, 2.75) is 64.3 Å². The number of hydrogen-bond donors (Lipinski definition) is 0. The first-order valence-corrected chi connectivity index (χ1v) is 6.78. The maximum absolute atomic E-state index is 6.35. The summed E-state index contributed by atoms with van der Waals surface area (Å²) in [6.07, 6.45) is 6.20. The molecule has 2 nitrogen and oxygen atoms in total. The summed E-state index contributed by atoms with van der Waals surface area (Å²) in [5.74, 6) is 0.598. The summed E-state index contributed by atoms with van der Waals surface area (Å²) in [5.41, 5.74) is 1.74. The van der Waals surface area contributed by atoms with Crippen LogP contribution in [0.25, 0.3) is 0 Å². The van der Waals surface area contributed by atoms with Crippen LogP contribution in [0.4, 0.5) is 0 Å². The lowest BCUT2D eigenvalue weighted by Crippen LogP contribution is -2.54. The van der Waals surface area contributed by atoms with Crippen molar-refractivity contribution < 1.29 is 9.47 Å². The summed E-state index contributed by atoms with van der Waals surface area (Å²) >= 11 is 0. The van der Waals surface area contributed by atoms with E-state index in [4.69, 9.17) is 9.47 Å². The largest absolute Gasteiger partial charge is 0.378 e. The monoisotopic (exact) mass is 236 g/mol. The predicted octanol–water partition coefficient (Wildman–Crippen LogP) is 3.32. The highest BCUT2D eigenvalue weighted by molar-refractivity contribution is 5.35. The molecule has 1 saturated carbocycles. The van der Waals surface area contributed by atoms with E-state index in [1.165, 1.54) is 18.4 Å². The van der Waals surface area contributed by atoms with Crippen molar-refractivity contribution >= 4 is 0 Å². The average Bonchev–Trinajstić information content (AvgIpc) is 2.84. The number of hydrogen-bond acceptors (Lipinski definition) is 2. The summed E-state index contributed by atoms with van der Waals surface area (Å²) in [6, 6.07) is 0. The summed E-state index contributed by atoms with van der Waals surface area (Å²) in [7, 11) is 1.82. The topological polar surface area (TPSA) is 21.8 Å².